The Morgan fingerprint density at radius 2 is 2.16 bits per heavy atom. The van der Waals surface area contributed by atoms with Gasteiger partial charge in [-0.15, -0.1) is 0 Å². The van der Waals surface area contributed by atoms with Gasteiger partial charge in [0.15, 0.2) is 0 Å². The van der Waals surface area contributed by atoms with Crippen LogP contribution < -0.4 is 11.1 Å². The topological polar surface area (TPSA) is 64.3 Å². The van der Waals surface area contributed by atoms with Gasteiger partial charge >= 0.3 is 0 Å². The highest BCUT2D eigenvalue weighted by Crippen LogP contribution is 2.29. The largest absolute Gasteiger partial charge is 0.397 e. The Hall–Kier alpha value is -0.970. The Morgan fingerprint density at radius 1 is 1.42 bits per heavy atom. The summed E-state index contributed by atoms with van der Waals surface area (Å²) >= 11 is 11.8. The number of amides is 1. The molecule has 0 spiro atoms. The number of ether oxygens (including phenoxy) is 1. The number of halogens is 2. The molecule has 1 aliphatic carbocycles. The highest BCUT2D eigenvalue weighted by atomic mass is 35.5. The second-order valence-electron chi connectivity index (χ2n) is 4.65. The molecule has 0 radical (unpaired) electrons. The van der Waals surface area contributed by atoms with E-state index < -0.39 is 0 Å². The number of carbonyl (C=O) groups is 1. The number of methoxy groups -OCH3 is 1. The summed E-state index contributed by atoms with van der Waals surface area (Å²) in [5.74, 6) is -0.209. The Bertz CT molecular complexity index is 471. The Kier molecular flexibility index (Phi) is 4.55. The van der Waals surface area contributed by atoms with Gasteiger partial charge in [0.1, 0.15) is 0 Å². The molecule has 2 atom stereocenters. The molecule has 6 heteroatoms. The van der Waals surface area contributed by atoms with E-state index in [0.29, 0.717) is 11.3 Å². The van der Waals surface area contributed by atoms with Crippen LogP contribution in [0.2, 0.25) is 10.0 Å². The number of hydrogen-bond donors (Lipinski definition) is 2. The Labute approximate surface area is 122 Å². The number of anilines is 1. The lowest BCUT2D eigenvalue weighted by Crippen LogP contribution is -2.40. The summed E-state index contributed by atoms with van der Waals surface area (Å²) < 4.78 is 5.34. The van der Waals surface area contributed by atoms with Crippen molar-refractivity contribution in [1.29, 1.82) is 0 Å². The second kappa shape index (κ2) is 5.99. The van der Waals surface area contributed by atoms with Crippen LogP contribution in [0.4, 0.5) is 5.69 Å². The maximum atomic E-state index is 12.2. The minimum Gasteiger partial charge on any atom is -0.397 e. The number of carbonyl (C=O) groups excluding carboxylic acids is 1. The second-order valence-corrected chi connectivity index (χ2v) is 5.43. The van der Waals surface area contributed by atoms with Gasteiger partial charge in [-0.3, -0.25) is 4.79 Å². The zero-order valence-corrected chi connectivity index (χ0v) is 12.1. The van der Waals surface area contributed by atoms with Gasteiger partial charge in [0.2, 0.25) is 0 Å². The summed E-state index contributed by atoms with van der Waals surface area (Å²) in [4.78, 5) is 12.2. The van der Waals surface area contributed by atoms with Gasteiger partial charge in [0.05, 0.1) is 27.9 Å². The first-order valence-corrected chi connectivity index (χ1v) is 6.86. The molecule has 0 aromatic heterocycles. The van der Waals surface area contributed by atoms with E-state index in [1.807, 2.05) is 0 Å². The quantitative estimate of drug-likeness (QED) is 0.844. The van der Waals surface area contributed by atoms with Gasteiger partial charge in [0, 0.05) is 12.7 Å². The van der Waals surface area contributed by atoms with Gasteiger partial charge in [-0.1, -0.05) is 23.2 Å². The van der Waals surface area contributed by atoms with Crippen LogP contribution >= 0.6 is 23.2 Å². The third-order valence-electron chi connectivity index (χ3n) is 3.39. The first kappa shape index (κ1) is 14.4. The number of nitrogens with two attached hydrogens (primary N) is 1. The molecule has 2 unspecified atom stereocenters. The number of nitrogens with one attached hydrogen (secondary N) is 1. The Morgan fingerprint density at radius 3 is 2.79 bits per heavy atom. The molecule has 0 heterocycles. The number of rotatable bonds is 3. The summed E-state index contributed by atoms with van der Waals surface area (Å²) in [5.41, 5.74) is 6.41. The van der Waals surface area contributed by atoms with E-state index in [2.05, 4.69) is 5.32 Å². The lowest BCUT2D eigenvalue weighted by atomic mass is 10.1. The summed E-state index contributed by atoms with van der Waals surface area (Å²) in [6, 6.07) is 3.08. The fraction of sp³-hybridized carbons (Fsp3) is 0.462. The third kappa shape index (κ3) is 3.14. The molecule has 1 aliphatic rings. The lowest BCUT2D eigenvalue weighted by molar-refractivity contribution is 0.0722. The first-order chi connectivity index (χ1) is 9.02. The number of hydrogen-bond acceptors (Lipinski definition) is 3. The summed E-state index contributed by atoms with van der Waals surface area (Å²) in [6.07, 6.45) is 3.00. The van der Waals surface area contributed by atoms with Crippen molar-refractivity contribution in [3.05, 3.63) is 27.7 Å². The fourth-order valence-electron chi connectivity index (χ4n) is 2.37. The molecule has 0 bridgehead atoms. The van der Waals surface area contributed by atoms with Crippen LogP contribution in [-0.2, 0) is 4.74 Å². The molecule has 1 amide bonds. The van der Waals surface area contributed by atoms with Gasteiger partial charge in [-0.25, -0.2) is 0 Å². The van der Waals surface area contributed by atoms with E-state index in [0.717, 1.165) is 19.3 Å². The molecule has 0 aliphatic heterocycles. The zero-order valence-electron chi connectivity index (χ0n) is 10.6. The standard InChI is InChI=1S/C13H16Cl2N2O2/c1-19-11-4-2-3-10(11)17-13(18)7-5-8(14)12(15)9(16)6-7/h5-6,10-11H,2-4,16H2,1H3,(H,17,18). The van der Waals surface area contributed by atoms with E-state index in [1.165, 1.54) is 12.1 Å². The van der Waals surface area contributed by atoms with Crippen LogP contribution in [0, 0.1) is 0 Å². The average molecular weight is 303 g/mol. The van der Waals surface area contributed by atoms with Gasteiger partial charge in [-0.2, -0.15) is 0 Å². The van der Waals surface area contributed by atoms with Crippen molar-refractivity contribution >= 4 is 34.8 Å². The van der Waals surface area contributed by atoms with Gasteiger partial charge in [0.25, 0.3) is 5.91 Å². The molecular weight excluding hydrogens is 287 g/mol. The van der Waals surface area contributed by atoms with E-state index >= 15 is 0 Å². The molecule has 4 nitrogen and oxygen atoms in total. The number of benzene rings is 1. The molecule has 1 fully saturated rings. The van der Waals surface area contributed by atoms with Gasteiger partial charge < -0.3 is 15.8 Å². The van der Waals surface area contributed by atoms with E-state index in [1.54, 1.807) is 7.11 Å². The lowest BCUT2D eigenvalue weighted by Gasteiger charge is -2.19. The highest BCUT2D eigenvalue weighted by Gasteiger charge is 2.28. The molecule has 19 heavy (non-hydrogen) atoms. The van der Waals surface area contributed by atoms with E-state index in [9.17, 15) is 4.79 Å². The highest BCUT2D eigenvalue weighted by molar-refractivity contribution is 6.43. The smallest absolute Gasteiger partial charge is 0.251 e. The maximum absolute atomic E-state index is 12.2. The zero-order chi connectivity index (χ0) is 14.0. The van der Waals surface area contributed by atoms with Crippen molar-refractivity contribution in [1.82, 2.24) is 5.32 Å². The average Bonchev–Trinajstić information content (AvgIpc) is 2.82. The van der Waals surface area contributed by atoms with E-state index in [4.69, 9.17) is 33.7 Å². The Balaban J connectivity index is 2.12. The predicted octanol–water partition coefficient (Wildman–Crippen LogP) is 2.87. The van der Waals surface area contributed by atoms with Crippen LogP contribution in [0.3, 0.4) is 0 Å². The third-order valence-corrected chi connectivity index (χ3v) is 4.21. The van der Waals surface area contributed by atoms with Crippen molar-refractivity contribution in [3.8, 4) is 0 Å². The van der Waals surface area contributed by atoms with Crippen molar-refractivity contribution < 1.29 is 9.53 Å². The van der Waals surface area contributed by atoms with Crippen molar-refractivity contribution in [2.45, 2.75) is 31.4 Å². The van der Waals surface area contributed by atoms with Crippen LogP contribution in [0.1, 0.15) is 29.6 Å². The van der Waals surface area contributed by atoms with Crippen molar-refractivity contribution in [2.24, 2.45) is 0 Å². The molecule has 3 N–H and O–H groups in total. The molecule has 0 saturated heterocycles. The summed E-state index contributed by atoms with van der Waals surface area (Å²) in [5, 5.41) is 3.50. The van der Waals surface area contributed by atoms with Crippen LogP contribution in [0.5, 0.6) is 0 Å². The molecule has 1 saturated carbocycles. The molecule has 104 valence electrons. The van der Waals surface area contributed by atoms with E-state index in [-0.39, 0.29) is 28.1 Å². The van der Waals surface area contributed by atoms with Crippen molar-refractivity contribution in [3.63, 3.8) is 0 Å². The van der Waals surface area contributed by atoms with Gasteiger partial charge in [-0.05, 0) is 31.4 Å². The molecule has 1 aromatic rings. The minimum absolute atomic E-state index is 0.0354. The SMILES string of the molecule is COC1CCCC1NC(=O)c1cc(N)c(Cl)c(Cl)c1. The number of nitrogen functional groups attached to an aromatic ring is 1. The van der Waals surface area contributed by atoms with Crippen LogP contribution in [0.25, 0.3) is 0 Å². The fourth-order valence-corrected chi connectivity index (χ4v) is 2.70. The molecule has 1 aromatic carbocycles. The molecular formula is C13H16Cl2N2O2. The summed E-state index contributed by atoms with van der Waals surface area (Å²) in [6.45, 7) is 0. The predicted molar refractivity (Wildman–Crippen MR) is 76.8 cm³/mol. The van der Waals surface area contributed by atoms with Crippen LogP contribution in [0.15, 0.2) is 12.1 Å². The minimum atomic E-state index is -0.209. The molecule has 2 rings (SSSR count). The normalized spacial score (nSPS) is 22.5. The maximum Gasteiger partial charge on any atom is 0.251 e. The van der Waals surface area contributed by atoms with Crippen LogP contribution in [-0.4, -0.2) is 25.2 Å². The first-order valence-electron chi connectivity index (χ1n) is 6.11. The monoisotopic (exact) mass is 302 g/mol. The van der Waals surface area contributed by atoms with Crippen molar-refractivity contribution in [2.75, 3.05) is 12.8 Å². The summed E-state index contributed by atoms with van der Waals surface area (Å²) in [7, 11) is 1.66.